The molecule has 2 heterocycles. The smallest absolute Gasteiger partial charge is 0.235 e. The van der Waals surface area contributed by atoms with Crippen molar-refractivity contribution in [2.24, 2.45) is 12.5 Å². The molecule has 0 N–H and O–H groups in total. The first-order valence-corrected chi connectivity index (χ1v) is 5.82. The maximum absolute atomic E-state index is 12.0. The molecule has 0 saturated carbocycles. The first-order chi connectivity index (χ1) is 8.33. The molecule has 0 bridgehead atoms. The van der Waals surface area contributed by atoms with E-state index in [1.807, 2.05) is 0 Å². The SMILES string of the molecule is Cn1cccc1C(=O)CN1C(=O)CC(C)(C)C1=O. The van der Waals surface area contributed by atoms with Crippen LogP contribution in [0.4, 0.5) is 0 Å². The van der Waals surface area contributed by atoms with E-state index in [2.05, 4.69) is 0 Å². The number of nitrogens with zero attached hydrogens (tertiary/aromatic N) is 2. The van der Waals surface area contributed by atoms with Gasteiger partial charge in [-0.25, -0.2) is 0 Å². The molecule has 0 unspecified atom stereocenters. The summed E-state index contributed by atoms with van der Waals surface area (Å²) in [7, 11) is 1.75. The summed E-state index contributed by atoms with van der Waals surface area (Å²) in [5.74, 6) is -0.760. The highest BCUT2D eigenvalue weighted by Gasteiger charge is 2.45. The highest BCUT2D eigenvalue weighted by molar-refractivity contribution is 6.09. The summed E-state index contributed by atoms with van der Waals surface area (Å²) >= 11 is 0. The van der Waals surface area contributed by atoms with E-state index < -0.39 is 5.41 Å². The Labute approximate surface area is 105 Å². The second-order valence-corrected chi connectivity index (χ2v) is 5.27. The van der Waals surface area contributed by atoms with Gasteiger partial charge in [0.15, 0.2) is 5.78 Å². The number of aromatic nitrogens is 1. The second-order valence-electron chi connectivity index (χ2n) is 5.27. The van der Waals surface area contributed by atoms with Crippen molar-refractivity contribution in [1.82, 2.24) is 9.47 Å². The van der Waals surface area contributed by atoms with Gasteiger partial charge in [-0.1, -0.05) is 13.8 Å². The van der Waals surface area contributed by atoms with Crippen LogP contribution in [0.25, 0.3) is 0 Å². The average Bonchev–Trinajstić information content (AvgIpc) is 2.76. The van der Waals surface area contributed by atoms with Crippen LogP contribution in [0.1, 0.15) is 30.8 Å². The zero-order valence-electron chi connectivity index (χ0n) is 10.8. The summed E-state index contributed by atoms with van der Waals surface area (Å²) < 4.78 is 1.68. The van der Waals surface area contributed by atoms with Gasteiger partial charge in [-0.05, 0) is 12.1 Å². The van der Waals surface area contributed by atoms with Crippen molar-refractivity contribution < 1.29 is 14.4 Å². The van der Waals surface area contributed by atoms with Crippen molar-refractivity contribution in [3.8, 4) is 0 Å². The Bertz CT molecular complexity index is 528. The number of amides is 2. The molecule has 5 heteroatoms. The van der Waals surface area contributed by atoms with Crippen LogP contribution in [0, 0.1) is 5.41 Å². The summed E-state index contributed by atoms with van der Waals surface area (Å²) in [6.07, 6.45) is 1.93. The fourth-order valence-electron chi connectivity index (χ4n) is 2.16. The first kappa shape index (κ1) is 12.5. The normalized spacial score (nSPS) is 18.5. The van der Waals surface area contributed by atoms with Gasteiger partial charge in [0.1, 0.15) is 0 Å². The van der Waals surface area contributed by atoms with E-state index >= 15 is 0 Å². The van der Waals surface area contributed by atoms with E-state index in [0.29, 0.717) is 5.69 Å². The summed E-state index contributed by atoms with van der Waals surface area (Å²) in [6.45, 7) is 3.28. The number of Topliss-reactive ketones (excluding diaryl/α,β-unsaturated/α-hetero) is 1. The molecule has 1 aliphatic rings. The lowest BCUT2D eigenvalue weighted by molar-refractivity contribution is -0.140. The second kappa shape index (κ2) is 4.08. The monoisotopic (exact) mass is 248 g/mol. The average molecular weight is 248 g/mol. The number of carbonyl (C=O) groups is 3. The van der Waals surface area contributed by atoms with Gasteiger partial charge in [0, 0.05) is 19.7 Å². The fourth-order valence-corrected chi connectivity index (χ4v) is 2.16. The minimum atomic E-state index is -0.689. The third-order valence-electron chi connectivity index (χ3n) is 3.25. The number of hydrogen-bond donors (Lipinski definition) is 0. The molecule has 0 radical (unpaired) electrons. The Kier molecular flexibility index (Phi) is 2.84. The molecule has 1 aromatic heterocycles. The Morgan fingerprint density at radius 1 is 1.39 bits per heavy atom. The summed E-state index contributed by atoms with van der Waals surface area (Å²) in [5.41, 5.74) is -0.189. The van der Waals surface area contributed by atoms with Gasteiger partial charge in [0.05, 0.1) is 17.7 Å². The third kappa shape index (κ3) is 1.96. The lowest BCUT2D eigenvalue weighted by atomic mass is 9.92. The van der Waals surface area contributed by atoms with Crippen LogP contribution in [0.3, 0.4) is 0 Å². The molecular formula is C13H16N2O3. The van der Waals surface area contributed by atoms with Gasteiger partial charge in [0.2, 0.25) is 11.8 Å². The molecular weight excluding hydrogens is 232 g/mol. The Morgan fingerprint density at radius 3 is 2.50 bits per heavy atom. The van der Waals surface area contributed by atoms with Crippen LogP contribution >= 0.6 is 0 Å². The highest BCUT2D eigenvalue weighted by atomic mass is 16.2. The summed E-state index contributed by atoms with van der Waals surface area (Å²) in [6, 6.07) is 3.43. The molecule has 0 atom stereocenters. The van der Waals surface area contributed by atoms with Crippen molar-refractivity contribution in [3.05, 3.63) is 24.0 Å². The van der Waals surface area contributed by atoms with Crippen molar-refractivity contribution in [2.75, 3.05) is 6.54 Å². The number of rotatable bonds is 3. The van der Waals surface area contributed by atoms with Crippen LogP contribution in [-0.2, 0) is 16.6 Å². The van der Waals surface area contributed by atoms with E-state index in [4.69, 9.17) is 0 Å². The van der Waals surface area contributed by atoms with Crippen molar-refractivity contribution in [2.45, 2.75) is 20.3 Å². The molecule has 0 aliphatic carbocycles. The molecule has 2 rings (SSSR count). The van der Waals surface area contributed by atoms with E-state index in [1.54, 1.807) is 43.8 Å². The Balaban J connectivity index is 2.16. The summed E-state index contributed by atoms with van der Waals surface area (Å²) in [4.78, 5) is 36.8. The number of imide groups is 1. The third-order valence-corrected chi connectivity index (χ3v) is 3.25. The molecule has 0 spiro atoms. The van der Waals surface area contributed by atoms with Gasteiger partial charge in [0.25, 0.3) is 0 Å². The van der Waals surface area contributed by atoms with E-state index in [0.717, 1.165) is 4.90 Å². The van der Waals surface area contributed by atoms with Crippen LogP contribution in [0.15, 0.2) is 18.3 Å². The van der Waals surface area contributed by atoms with Crippen LogP contribution in [0.2, 0.25) is 0 Å². The molecule has 1 aromatic rings. The quantitative estimate of drug-likeness (QED) is 0.592. The largest absolute Gasteiger partial charge is 0.348 e. The Hall–Kier alpha value is -1.91. The topological polar surface area (TPSA) is 59.4 Å². The van der Waals surface area contributed by atoms with E-state index in [1.165, 1.54) is 0 Å². The van der Waals surface area contributed by atoms with Gasteiger partial charge in [-0.3, -0.25) is 19.3 Å². The lowest BCUT2D eigenvalue weighted by Crippen LogP contribution is -2.37. The minimum absolute atomic E-state index is 0.168. The van der Waals surface area contributed by atoms with Gasteiger partial charge >= 0.3 is 0 Å². The van der Waals surface area contributed by atoms with Crippen molar-refractivity contribution in [3.63, 3.8) is 0 Å². The standard InChI is InChI=1S/C13H16N2O3/c1-13(2)7-11(17)15(12(13)18)8-10(16)9-5-4-6-14(9)3/h4-6H,7-8H2,1-3H3. The Morgan fingerprint density at radius 2 is 2.06 bits per heavy atom. The molecule has 1 fully saturated rings. The molecule has 18 heavy (non-hydrogen) atoms. The molecule has 0 aromatic carbocycles. The van der Waals surface area contributed by atoms with Crippen molar-refractivity contribution >= 4 is 17.6 Å². The van der Waals surface area contributed by atoms with Gasteiger partial charge in [-0.2, -0.15) is 0 Å². The molecule has 2 amide bonds. The predicted octanol–water partition coefficient (Wildman–Crippen LogP) is 0.993. The van der Waals surface area contributed by atoms with Gasteiger partial charge < -0.3 is 4.57 Å². The molecule has 1 saturated heterocycles. The zero-order chi connectivity index (χ0) is 13.5. The number of likely N-dealkylation sites (tertiary alicyclic amines) is 1. The molecule has 96 valence electrons. The van der Waals surface area contributed by atoms with E-state index in [-0.39, 0.29) is 30.6 Å². The molecule has 5 nitrogen and oxygen atoms in total. The number of carbonyl (C=O) groups excluding carboxylic acids is 3. The van der Waals surface area contributed by atoms with Gasteiger partial charge in [-0.15, -0.1) is 0 Å². The maximum atomic E-state index is 12.0. The first-order valence-electron chi connectivity index (χ1n) is 5.82. The van der Waals surface area contributed by atoms with E-state index in [9.17, 15) is 14.4 Å². The molecule has 1 aliphatic heterocycles. The number of aryl methyl sites for hydroxylation is 1. The minimum Gasteiger partial charge on any atom is -0.348 e. The maximum Gasteiger partial charge on any atom is 0.235 e. The van der Waals surface area contributed by atoms with Crippen LogP contribution in [0.5, 0.6) is 0 Å². The number of ketones is 1. The summed E-state index contributed by atoms with van der Waals surface area (Å²) in [5, 5.41) is 0. The van der Waals surface area contributed by atoms with Crippen LogP contribution in [-0.4, -0.2) is 33.6 Å². The lowest BCUT2D eigenvalue weighted by Gasteiger charge is -2.17. The fraction of sp³-hybridized carbons (Fsp3) is 0.462. The highest BCUT2D eigenvalue weighted by Crippen LogP contribution is 2.31. The van der Waals surface area contributed by atoms with Crippen LogP contribution < -0.4 is 0 Å². The number of hydrogen-bond acceptors (Lipinski definition) is 3. The van der Waals surface area contributed by atoms with Crippen molar-refractivity contribution in [1.29, 1.82) is 0 Å². The predicted molar refractivity (Wildman–Crippen MR) is 64.9 cm³/mol. The zero-order valence-corrected chi connectivity index (χ0v) is 10.8.